The van der Waals surface area contributed by atoms with E-state index in [0.717, 1.165) is 4.31 Å². The summed E-state index contributed by atoms with van der Waals surface area (Å²) in [6, 6.07) is 2.78. The van der Waals surface area contributed by atoms with Crippen molar-refractivity contribution in [2.75, 3.05) is 25.9 Å². The van der Waals surface area contributed by atoms with E-state index in [2.05, 4.69) is 4.74 Å². The summed E-state index contributed by atoms with van der Waals surface area (Å²) in [6.45, 7) is 3.04. The second-order valence-corrected chi connectivity index (χ2v) is 6.46. The van der Waals surface area contributed by atoms with Crippen molar-refractivity contribution in [2.45, 2.75) is 18.7 Å². The molecule has 0 amide bonds. The number of methoxy groups -OCH3 is 1. The molecule has 0 aromatic heterocycles. The van der Waals surface area contributed by atoms with Crippen LogP contribution in [0.2, 0.25) is 5.02 Å². The Kier molecular flexibility index (Phi) is 5.38. The zero-order chi connectivity index (χ0) is 15.5. The van der Waals surface area contributed by atoms with Crippen molar-refractivity contribution >= 4 is 33.3 Å². The fourth-order valence-corrected chi connectivity index (χ4v) is 3.51. The molecule has 1 aromatic carbocycles. The number of likely N-dealkylation sites (N-methyl/N-ethyl adjacent to an activating group) is 1. The number of rotatable bonds is 5. The lowest BCUT2D eigenvalue weighted by Crippen LogP contribution is -2.36. The van der Waals surface area contributed by atoms with Gasteiger partial charge in [0.1, 0.15) is 6.54 Å². The van der Waals surface area contributed by atoms with Crippen LogP contribution in [0.15, 0.2) is 17.0 Å². The number of ether oxygens (including phenoxy) is 1. The van der Waals surface area contributed by atoms with Gasteiger partial charge in [0.15, 0.2) is 0 Å². The van der Waals surface area contributed by atoms with Crippen LogP contribution in [-0.4, -0.2) is 38.9 Å². The molecule has 1 rings (SSSR count). The predicted octanol–water partition coefficient (Wildman–Crippen LogP) is 1.41. The molecule has 0 saturated carbocycles. The fraction of sp³-hybridized carbons (Fsp3) is 0.417. The van der Waals surface area contributed by atoms with Gasteiger partial charge < -0.3 is 10.5 Å². The van der Waals surface area contributed by atoms with Crippen LogP contribution in [0.5, 0.6) is 0 Å². The first kappa shape index (κ1) is 16.7. The van der Waals surface area contributed by atoms with E-state index in [1.165, 1.54) is 19.2 Å². The maximum Gasteiger partial charge on any atom is 0.321 e. The molecular formula is C12H17ClN2O4S. The topological polar surface area (TPSA) is 89.7 Å². The summed E-state index contributed by atoms with van der Waals surface area (Å²) in [5, 5.41) is 0.289. The number of benzene rings is 1. The third kappa shape index (κ3) is 3.41. The molecule has 0 unspecified atom stereocenters. The number of carbonyl (C=O) groups is 1. The normalized spacial score (nSPS) is 11.7. The summed E-state index contributed by atoms with van der Waals surface area (Å²) < 4.78 is 30.6. The summed E-state index contributed by atoms with van der Waals surface area (Å²) >= 11 is 5.85. The van der Waals surface area contributed by atoms with Crippen LogP contribution in [0.3, 0.4) is 0 Å². The first-order valence-corrected chi connectivity index (χ1v) is 7.68. The smallest absolute Gasteiger partial charge is 0.321 e. The standard InChI is InChI=1S/C12H17ClN2O4S/c1-4-15(7-12(16)19-3)20(17,18)11-6-10(14)9(13)5-8(11)2/h5-6H,4,7,14H2,1-3H3. The van der Waals surface area contributed by atoms with Gasteiger partial charge >= 0.3 is 5.97 Å². The summed E-state index contributed by atoms with van der Waals surface area (Å²) in [5.41, 5.74) is 6.29. The Balaban J connectivity index is 3.27. The Morgan fingerprint density at radius 2 is 2.05 bits per heavy atom. The number of hydrogen-bond acceptors (Lipinski definition) is 5. The second kappa shape index (κ2) is 6.43. The molecule has 1 aromatic rings. The number of sulfonamides is 1. The largest absolute Gasteiger partial charge is 0.468 e. The monoisotopic (exact) mass is 320 g/mol. The van der Waals surface area contributed by atoms with E-state index in [-0.39, 0.29) is 28.7 Å². The zero-order valence-electron chi connectivity index (χ0n) is 11.5. The van der Waals surface area contributed by atoms with Gasteiger partial charge in [-0.25, -0.2) is 8.42 Å². The van der Waals surface area contributed by atoms with E-state index in [1.807, 2.05) is 0 Å². The van der Waals surface area contributed by atoms with Crippen molar-refractivity contribution in [3.05, 3.63) is 22.7 Å². The van der Waals surface area contributed by atoms with Gasteiger partial charge in [-0.15, -0.1) is 0 Å². The quantitative estimate of drug-likeness (QED) is 0.654. The minimum atomic E-state index is -3.83. The minimum Gasteiger partial charge on any atom is -0.468 e. The van der Waals surface area contributed by atoms with E-state index in [4.69, 9.17) is 17.3 Å². The fourth-order valence-electron chi connectivity index (χ4n) is 1.66. The Bertz CT molecular complexity index is 616. The number of hydrogen-bond donors (Lipinski definition) is 1. The number of nitrogens with two attached hydrogens (primary N) is 1. The molecule has 20 heavy (non-hydrogen) atoms. The zero-order valence-corrected chi connectivity index (χ0v) is 13.1. The van der Waals surface area contributed by atoms with Crippen LogP contribution in [0.1, 0.15) is 12.5 Å². The van der Waals surface area contributed by atoms with E-state index in [1.54, 1.807) is 13.8 Å². The van der Waals surface area contributed by atoms with Crippen LogP contribution < -0.4 is 5.73 Å². The molecule has 8 heteroatoms. The summed E-state index contributed by atoms with van der Waals surface area (Å²) in [4.78, 5) is 11.3. The number of anilines is 1. The number of carbonyl (C=O) groups excluding carboxylic acids is 1. The van der Waals surface area contributed by atoms with Crippen LogP contribution in [0.25, 0.3) is 0 Å². The molecule has 0 bridgehead atoms. The SMILES string of the molecule is CCN(CC(=O)OC)S(=O)(=O)c1cc(N)c(Cl)cc1C. The van der Waals surface area contributed by atoms with E-state index in [0.29, 0.717) is 5.56 Å². The molecule has 0 aliphatic rings. The Labute approximate surface area is 123 Å². The molecular weight excluding hydrogens is 304 g/mol. The lowest BCUT2D eigenvalue weighted by molar-refractivity contribution is -0.140. The number of esters is 1. The number of nitrogens with zero attached hydrogens (tertiary/aromatic N) is 1. The molecule has 0 radical (unpaired) electrons. The van der Waals surface area contributed by atoms with Crippen molar-refractivity contribution in [1.82, 2.24) is 4.31 Å². The Hall–Kier alpha value is -1.31. The number of halogens is 1. The van der Waals surface area contributed by atoms with Gasteiger partial charge in [0.25, 0.3) is 0 Å². The molecule has 112 valence electrons. The maximum absolute atomic E-state index is 12.5. The number of aryl methyl sites for hydroxylation is 1. The Morgan fingerprint density at radius 1 is 1.45 bits per heavy atom. The van der Waals surface area contributed by atoms with E-state index in [9.17, 15) is 13.2 Å². The van der Waals surface area contributed by atoms with Crippen molar-refractivity contribution in [3.8, 4) is 0 Å². The van der Waals surface area contributed by atoms with Crippen molar-refractivity contribution < 1.29 is 17.9 Å². The maximum atomic E-state index is 12.5. The molecule has 0 heterocycles. The molecule has 0 fully saturated rings. The average Bonchev–Trinajstić information content (AvgIpc) is 2.39. The van der Waals surface area contributed by atoms with Crippen LogP contribution in [-0.2, 0) is 19.6 Å². The van der Waals surface area contributed by atoms with Crippen molar-refractivity contribution in [1.29, 1.82) is 0 Å². The highest BCUT2D eigenvalue weighted by Gasteiger charge is 2.27. The van der Waals surface area contributed by atoms with Crippen molar-refractivity contribution in [3.63, 3.8) is 0 Å². The van der Waals surface area contributed by atoms with Gasteiger partial charge in [0, 0.05) is 6.54 Å². The van der Waals surface area contributed by atoms with Crippen LogP contribution in [0, 0.1) is 6.92 Å². The van der Waals surface area contributed by atoms with Gasteiger partial charge in [-0.1, -0.05) is 18.5 Å². The Morgan fingerprint density at radius 3 is 2.55 bits per heavy atom. The van der Waals surface area contributed by atoms with Gasteiger partial charge in [-0.2, -0.15) is 4.31 Å². The van der Waals surface area contributed by atoms with Gasteiger partial charge in [0.05, 0.1) is 22.7 Å². The third-order valence-corrected chi connectivity index (χ3v) is 5.19. The molecule has 0 saturated heterocycles. The molecule has 6 nitrogen and oxygen atoms in total. The van der Waals surface area contributed by atoms with Crippen LogP contribution >= 0.6 is 11.6 Å². The molecule has 2 N–H and O–H groups in total. The summed E-state index contributed by atoms with van der Waals surface area (Å²) in [5.74, 6) is -0.630. The highest BCUT2D eigenvalue weighted by Crippen LogP contribution is 2.28. The summed E-state index contributed by atoms with van der Waals surface area (Å²) in [7, 11) is -2.63. The third-order valence-electron chi connectivity index (χ3n) is 2.80. The second-order valence-electron chi connectivity index (χ2n) is 4.15. The predicted molar refractivity (Wildman–Crippen MR) is 77.1 cm³/mol. The van der Waals surface area contributed by atoms with E-state index < -0.39 is 16.0 Å². The van der Waals surface area contributed by atoms with E-state index >= 15 is 0 Å². The number of nitrogen functional groups attached to an aromatic ring is 1. The lowest BCUT2D eigenvalue weighted by atomic mass is 10.2. The molecule has 0 atom stereocenters. The average molecular weight is 321 g/mol. The van der Waals surface area contributed by atoms with Gasteiger partial charge in [-0.3, -0.25) is 4.79 Å². The van der Waals surface area contributed by atoms with Crippen LogP contribution in [0.4, 0.5) is 5.69 Å². The molecule has 0 spiro atoms. The van der Waals surface area contributed by atoms with Gasteiger partial charge in [-0.05, 0) is 24.6 Å². The first-order valence-electron chi connectivity index (χ1n) is 5.86. The lowest BCUT2D eigenvalue weighted by Gasteiger charge is -2.20. The highest BCUT2D eigenvalue weighted by atomic mass is 35.5. The first-order chi connectivity index (χ1) is 9.23. The summed E-state index contributed by atoms with van der Waals surface area (Å²) in [6.07, 6.45) is 0. The highest BCUT2D eigenvalue weighted by molar-refractivity contribution is 7.89. The van der Waals surface area contributed by atoms with Crippen molar-refractivity contribution in [2.24, 2.45) is 0 Å². The minimum absolute atomic E-state index is 0.0325. The molecule has 0 aliphatic heterocycles. The molecule has 0 aliphatic carbocycles. The van der Waals surface area contributed by atoms with Gasteiger partial charge in [0.2, 0.25) is 10.0 Å².